The van der Waals surface area contributed by atoms with Gasteiger partial charge in [-0.05, 0) is 61.4 Å². The maximum absolute atomic E-state index is 13.5. The van der Waals surface area contributed by atoms with E-state index < -0.39 is 10.0 Å². The number of hydrogen-bond acceptors (Lipinski definition) is 3. The van der Waals surface area contributed by atoms with Crippen molar-refractivity contribution in [3.63, 3.8) is 0 Å². The van der Waals surface area contributed by atoms with Gasteiger partial charge in [0.25, 0.3) is 10.0 Å². The number of hydrogen-bond donors (Lipinski definition) is 0. The summed E-state index contributed by atoms with van der Waals surface area (Å²) in [5, 5.41) is 0. The molecule has 27 heavy (non-hydrogen) atoms. The first-order valence-electron chi connectivity index (χ1n) is 8.73. The summed E-state index contributed by atoms with van der Waals surface area (Å²) in [6.45, 7) is 3.78. The third-order valence-electron chi connectivity index (χ3n) is 4.51. The molecule has 4 nitrogen and oxygen atoms in total. The number of methoxy groups -OCH3 is 1. The highest BCUT2D eigenvalue weighted by atomic mass is 32.2. The van der Waals surface area contributed by atoms with Gasteiger partial charge < -0.3 is 4.74 Å². The first kappa shape index (κ1) is 19.0. The van der Waals surface area contributed by atoms with Crippen molar-refractivity contribution < 1.29 is 13.2 Å². The lowest BCUT2D eigenvalue weighted by Crippen LogP contribution is -2.33. The van der Waals surface area contributed by atoms with E-state index in [0.29, 0.717) is 11.4 Å². The van der Waals surface area contributed by atoms with Crippen LogP contribution in [0.1, 0.15) is 24.1 Å². The van der Waals surface area contributed by atoms with Crippen molar-refractivity contribution in [1.82, 2.24) is 0 Å². The minimum absolute atomic E-state index is 0.279. The van der Waals surface area contributed by atoms with E-state index in [1.807, 2.05) is 50.2 Å². The van der Waals surface area contributed by atoms with Crippen LogP contribution in [0.4, 0.5) is 5.69 Å². The molecule has 0 heterocycles. The summed E-state index contributed by atoms with van der Waals surface area (Å²) in [5.41, 5.74) is 2.41. The molecule has 0 amide bonds. The van der Waals surface area contributed by atoms with Crippen LogP contribution in [0.5, 0.6) is 5.75 Å². The standard InChI is InChI=1S/C22H23NO3S/c1-17-8-7-11-22(16-17)27(24,25)23(18(2)19-9-5-4-6-10-19)20-12-14-21(26-3)15-13-20/h4-16,18H,1-3H3/t18-/m1/s1. The second-order valence-corrected chi connectivity index (χ2v) is 8.22. The highest BCUT2D eigenvalue weighted by Gasteiger charge is 2.30. The third kappa shape index (κ3) is 3.98. The van der Waals surface area contributed by atoms with Crippen molar-refractivity contribution in [1.29, 1.82) is 0 Å². The predicted molar refractivity (Wildman–Crippen MR) is 109 cm³/mol. The number of rotatable bonds is 6. The molecule has 0 fully saturated rings. The highest BCUT2D eigenvalue weighted by molar-refractivity contribution is 7.92. The van der Waals surface area contributed by atoms with Crippen molar-refractivity contribution in [3.8, 4) is 5.75 Å². The Morgan fingerprint density at radius 3 is 2.15 bits per heavy atom. The Morgan fingerprint density at radius 1 is 0.889 bits per heavy atom. The molecule has 0 radical (unpaired) electrons. The summed E-state index contributed by atoms with van der Waals surface area (Å²) < 4.78 is 33.8. The lowest BCUT2D eigenvalue weighted by atomic mass is 10.1. The van der Waals surface area contributed by atoms with Crippen molar-refractivity contribution in [3.05, 3.63) is 90.0 Å². The van der Waals surface area contributed by atoms with Gasteiger partial charge in [-0.3, -0.25) is 4.31 Å². The van der Waals surface area contributed by atoms with Gasteiger partial charge in [0.1, 0.15) is 5.75 Å². The van der Waals surface area contributed by atoms with Crippen LogP contribution in [0.3, 0.4) is 0 Å². The summed E-state index contributed by atoms with van der Waals surface area (Å²) in [6, 6.07) is 23.3. The second-order valence-electron chi connectivity index (χ2n) is 6.40. The summed E-state index contributed by atoms with van der Waals surface area (Å²) in [6.07, 6.45) is 0. The molecule has 3 rings (SSSR count). The van der Waals surface area contributed by atoms with E-state index in [1.165, 1.54) is 4.31 Å². The molecule has 3 aromatic carbocycles. The summed E-state index contributed by atoms with van der Waals surface area (Å²) in [7, 11) is -2.16. The quantitative estimate of drug-likeness (QED) is 0.606. The Kier molecular flexibility index (Phi) is 5.51. The van der Waals surface area contributed by atoms with Gasteiger partial charge >= 0.3 is 0 Å². The molecule has 0 spiro atoms. The zero-order valence-corrected chi connectivity index (χ0v) is 16.5. The molecule has 0 aromatic heterocycles. The van der Waals surface area contributed by atoms with Crippen molar-refractivity contribution in [2.75, 3.05) is 11.4 Å². The zero-order valence-electron chi connectivity index (χ0n) is 15.7. The normalized spacial score (nSPS) is 12.4. The van der Waals surface area contributed by atoms with Crippen LogP contribution in [0, 0.1) is 6.92 Å². The van der Waals surface area contributed by atoms with Crippen LogP contribution in [0.2, 0.25) is 0 Å². The lowest BCUT2D eigenvalue weighted by molar-refractivity contribution is 0.415. The Morgan fingerprint density at radius 2 is 1.56 bits per heavy atom. The zero-order chi connectivity index (χ0) is 19.4. The maximum atomic E-state index is 13.5. The molecule has 0 bridgehead atoms. The molecule has 5 heteroatoms. The van der Waals surface area contributed by atoms with Crippen LogP contribution < -0.4 is 9.04 Å². The fourth-order valence-corrected chi connectivity index (χ4v) is 4.81. The molecule has 0 saturated carbocycles. The van der Waals surface area contributed by atoms with Gasteiger partial charge in [-0.15, -0.1) is 0 Å². The summed E-state index contributed by atoms with van der Waals surface area (Å²) >= 11 is 0. The number of aryl methyl sites for hydroxylation is 1. The molecule has 0 unspecified atom stereocenters. The molecular formula is C22H23NO3S. The van der Waals surface area contributed by atoms with E-state index in [0.717, 1.165) is 11.1 Å². The van der Waals surface area contributed by atoms with Crippen molar-refractivity contribution in [2.24, 2.45) is 0 Å². The Hall–Kier alpha value is -2.79. The second kappa shape index (κ2) is 7.84. The average molecular weight is 381 g/mol. The van der Waals surface area contributed by atoms with E-state index >= 15 is 0 Å². The first-order valence-corrected chi connectivity index (χ1v) is 10.2. The molecule has 3 aromatic rings. The van der Waals surface area contributed by atoms with Gasteiger partial charge in [0.15, 0.2) is 0 Å². The molecule has 0 aliphatic rings. The molecule has 0 N–H and O–H groups in total. The lowest BCUT2D eigenvalue weighted by Gasteiger charge is -2.31. The third-order valence-corrected chi connectivity index (χ3v) is 6.40. The van der Waals surface area contributed by atoms with Crippen LogP contribution in [0.15, 0.2) is 83.8 Å². The maximum Gasteiger partial charge on any atom is 0.264 e. The van der Waals surface area contributed by atoms with Crippen molar-refractivity contribution >= 4 is 15.7 Å². The molecule has 1 atom stereocenters. The topological polar surface area (TPSA) is 46.6 Å². The minimum atomic E-state index is -3.75. The predicted octanol–water partition coefficient (Wildman–Crippen LogP) is 4.96. The molecule has 0 aliphatic heterocycles. The first-order chi connectivity index (χ1) is 12.9. The average Bonchev–Trinajstić information content (AvgIpc) is 2.69. The van der Waals surface area contributed by atoms with Gasteiger partial charge in [-0.25, -0.2) is 8.42 Å². The fourth-order valence-electron chi connectivity index (χ4n) is 3.06. The number of sulfonamides is 1. The molecular weight excluding hydrogens is 358 g/mol. The van der Waals surface area contributed by atoms with E-state index in [4.69, 9.17) is 4.74 Å². The van der Waals surface area contributed by atoms with Gasteiger partial charge in [-0.1, -0.05) is 42.5 Å². The summed E-state index contributed by atoms with van der Waals surface area (Å²) in [4.78, 5) is 0.279. The van der Waals surface area contributed by atoms with Gasteiger partial charge in [-0.2, -0.15) is 0 Å². The minimum Gasteiger partial charge on any atom is -0.497 e. The molecule has 0 saturated heterocycles. The largest absolute Gasteiger partial charge is 0.497 e. The Bertz CT molecular complexity index is 999. The van der Waals surface area contributed by atoms with E-state index in [9.17, 15) is 8.42 Å². The molecule has 140 valence electrons. The van der Waals surface area contributed by atoms with Gasteiger partial charge in [0.2, 0.25) is 0 Å². The summed E-state index contributed by atoms with van der Waals surface area (Å²) in [5.74, 6) is 0.680. The monoisotopic (exact) mass is 381 g/mol. The van der Waals surface area contributed by atoms with E-state index in [2.05, 4.69) is 0 Å². The number of anilines is 1. The highest BCUT2D eigenvalue weighted by Crippen LogP contribution is 2.34. The number of nitrogens with zero attached hydrogens (tertiary/aromatic N) is 1. The van der Waals surface area contributed by atoms with Gasteiger partial charge in [0, 0.05) is 0 Å². The smallest absolute Gasteiger partial charge is 0.264 e. The van der Waals surface area contributed by atoms with E-state index in [1.54, 1.807) is 49.6 Å². The van der Waals surface area contributed by atoms with Crippen molar-refractivity contribution in [2.45, 2.75) is 24.8 Å². The van der Waals surface area contributed by atoms with Crippen LogP contribution in [-0.4, -0.2) is 15.5 Å². The number of ether oxygens (including phenoxy) is 1. The SMILES string of the molecule is COc1ccc(N([C@H](C)c2ccccc2)S(=O)(=O)c2cccc(C)c2)cc1. The molecule has 0 aliphatic carbocycles. The van der Waals surface area contributed by atoms with Gasteiger partial charge in [0.05, 0.1) is 23.7 Å². The Balaban J connectivity index is 2.14. The van der Waals surface area contributed by atoms with Crippen LogP contribution in [0.25, 0.3) is 0 Å². The Labute approximate surface area is 161 Å². The van der Waals surface area contributed by atoms with Crippen LogP contribution in [-0.2, 0) is 10.0 Å². The fraction of sp³-hybridized carbons (Fsp3) is 0.182. The number of benzene rings is 3. The van der Waals surface area contributed by atoms with Crippen LogP contribution >= 0.6 is 0 Å². The van der Waals surface area contributed by atoms with E-state index in [-0.39, 0.29) is 10.9 Å².